The molecule has 0 spiro atoms. The average molecular weight is 275 g/mol. The summed E-state index contributed by atoms with van der Waals surface area (Å²) in [5, 5.41) is 7.53. The van der Waals surface area contributed by atoms with E-state index in [0.717, 1.165) is 18.8 Å². The topological polar surface area (TPSA) is 21.3 Å². The minimum Gasteiger partial charge on any atom is -0.493 e. The van der Waals surface area contributed by atoms with Crippen molar-refractivity contribution in [2.24, 2.45) is 0 Å². The third-order valence-corrected chi connectivity index (χ3v) is 4.09. The smallest absolute Gasteiger partial charge is 0.122 e. The SMILES string of the molecule is CNC(C)c1ccc(OCCc2ccsc2)c(C)c1. The molecule has 0 fully saturated rings. The van der Waals surface area contributed by atoms with Crippen molar-refractivity contribution in [2.75, 3.05) is 13.7 Å². The highest BCUT2D eigenvalue weighted by atomic mass is 32.1. The zero-order valence-corrected chi connectivity index (χ0v) is 12.6. The summed E-state index contributed by atoms with van der Waals surface area (Å²) >= 11 is 1.73. The lowest BCUT2D eigenvalue weighted by molar-refractivity contribution is 0.320. The Morgan fingerprint density at radius 1 is 1.32 bits per heavy atom. The fourth-order valence-corrected chi connectivity index (χ4v) is 2.69. The van der Waals surface area contributed by atoms with Gasteiger partial charge in [0.15, 0.2) is 0 Å². The lowest BCUT2D eigenvalue weighted by Gasteiger charge is -2.14. The van der Waals surface area contributed by atoms with Gasteiger partial charge in [0.2, 0.25) is 0 Å². The van der Waals surface area contributed by atoms with E-state index in [1.807, 2.05) is 7.05 Å². The number of thiophene rings is 1. The van der Waals surface area contributed by atoms with Crippen LogP contribution in [0.1, 0.15) is 29.7 Å². The summed E-state index contributed by atoms with van der Waals surface area (Å²) < 4.78 is 5.86. The highest BCUT2D eigenvalue weighted by Crippen LogP contribution is 2.22. The van der Waals surface area contributed by atoms with Gasteiger partial charge in [-0.05, 0) is 60.5 Å². The van der Waals surface area contributed by atoms with E-state index in [-0.39, 0.29) is 0 Å². The Balaban J connectivity index is 1.93. The van der Waals surface area contributed by atoms with Gasteiger partial charge in [0.05, 0.1) is 6.61 Å². The molecular weight excluding hydrogens is 254 g/mol. The van der Waals surface area contributed by atoms with Crippen LogP contribution in [-0.4, -0.2) is 13.7 Å². The molecular formula is C16H21NOS. The fraction of sp³-hybridized carbons (Fsp3) is 0.375. The summed E-state index contributed by atoms with van der Waals surface area (Å²) in [5.74, 6) is 0.988. The van der Waals surface area contributed by atoms with Crippen LogP contribution in [0.4, 0.5) is 0 Å². The summed E-state index contributed by atoms with van der Waals surface area (Å²) in [4.78, 5) is 0. The van der Waals surface area contributed by atoms with E-state index in [4.69, 9.17) is 4.74 Å². The molecule has 0 aliphatic carbocycles. The van der Waals surface area contributed by atoms with Crippen molar-refractivity contribution in [3.63, 3.8) is 0 Å². The van der Waals surface area contributed by atoms with Crippen LogP contribution in [0.15, 0.2) is 35.0 Å². The van der Waals surface area contributed by atoms with Crippen LogP contribution in [0, 0.1) is 6.92 Å². The number of hydrogen-bond donors (Lipinski definition) is 1. The molecule has 19 heavy (non-hydrogen) atoms. The number of rotatable bonds is 6. The molecule has 1 heterocycles. The molecule has 1 atom stereocenters. The molecule has 0 amide bonds. The molecule has 2 aromatic rings. The first kappa shape index (κ1) is 14.1. The molecule has 1 aromatic heterocycles. The van der Waals surface area contributed by atoms with Crippen LogP contribution in [0.2, 0.25) is 0 Å². The second kappa shape index (κ2) is 6.73. The highest BCUT2D eigenvalue weighted by Gasteiger charge is 2.06. The van der Waals surface area contributed by atoms with Crippen LogP contribution >= 0.6 is 11.3 Å². The molecule has 2 nitrogen and oxygen atoms in total. The molecule has 0 bridgehead atoms. The Morgan fingerprint density at radius 3 is 2.79 bits per heavy atom. The quantitative estimate of drug-likeness (QED) is 0.861. The monoisotopic (exact) mass is 275 g/mol. The summed E-state index contributed by atoms with van der Waals surface area (Å²) in [6.45, 7) is 5.00. The predicted octanol–water partition coefficient (Wildman–Crippen LogP) is 3.96. The maximum absolute atomic E-state index is 5.86. The van der Waals surface area contributed by atoms with Gasteiger partial charge in [-0.15, -0.1) is 0 Å². The zero-order valence-electron chi connectivity index (χ0n) is 11.8. The van der Waals surface area contributed by atoms with E-state index in [1.54, 1.807) is 11.3 Å². The molecule has 3 heteroatoms. The van der Waals surface area contributed by atoms with Crippen molar-refractivity contribution in [1.82, 2.24) is 5.32 Å². The van der Waals surface area contributed by atoms with Crippen molar-refractivity contribution >= 4 is 11.3 Å². The van der Waals surface area contributed by atoms with Gasteiger partial charge in [-0.3, -0.25) is 0 Å². The molecule has 0 saturated carbocycles. The van der Waals surface area contributed by atoms with Crippen LogP contribution in [0.25, 0.3) is 0 Å². The van der Waals surface area contributed by atoms with E-state index >= 15 is 0 Å². The average Bonchev–Trinajstić information content (AvgIpc) is 2.93. The Kier molecular flexibility index (Phi) is 5.00. The van der Waals surface area contributed by atoms with Crippen LogP contribution in [0.3, 0.4) is 0 Å². The van der Waals surface area contributed by atoms with Gasteiger partial charge < -0.3 is 10.1 Å². The fourth-order valence-electron chi connectivity index (χ4n) is 1.98. The summed E-state index contributed by atoms with van der Waals surface area (Å²) in [5.41, 5.74) is 3.85. The van der Waals surface area contributed by atoms with Crippen LogP contribution in [0.5, 0.6) is 5.75 Å². The Bertz CT molecular complexity index is 507. The molecule has 0 aliphatic rings. The Labute approximate surface area is 119 Å². The van der Waals surface area contributed by atoms with Gasteiger partial charge in [-0.1, -0.05) is 12.1 Å². The largest absolute Gasteiger partial charge is 0.493 e. The van der Waals surface area contributed by atoms with Gasteiger partial charge in [0.1, 0.15) is 5.75 Å². The number of nitrogens with one attached hydrogen (secondary N) is 1. The molecule has 0 radical (unpaired) electrons. The molecule has 1 unspecified atom stereocenters. The minimum atomic E-state index is 0.374. The lowest BCUT2D eigenvalue weighted by atomic mass is 10.1. The molecule has 0 aliphatic heterocycles. The molecule has 0 saturated heterocycles. The zero-order chi connectivity index (χ0) is 13.7. The first-order chi connectivity index (χ1) is 9.20. The third-order valence-electron chi connectivity index (χ3n) is 3.36. The summed E-state index contributed by atoms with van der Waals surface area (Å²) in [7, 11) is 1.98. The van der Waals surface area contributed by atoms with Gasteiger partial charge >= 0.3 is 0 Å². The summed E-state index contributed by atoms with van der Waals surface area (Å²) in [6.07, 6.45) is 0.970. The second-order valence-corrected chi connectivity index (χ2v) is 5.55. The van der Waals surface area contributed by atoms with Gasteiger partial charge in [0.25, 0.3) is 0 Å². The first-order valence-corrected chi connectivity index (χ1v) is 7.56. The van der Waals surface area contributed by atoms with Gasteiger partial charge in [-0.25, -0.2) is 0 Å². The first-order valence-electron chi connectivity index (χ1n) is 6.62. The Morgan fingerprint density at radius 2 is 2.16 bits per heavy atom. The number of benzene rings is 1. The van der Waals surface area contributed by atoms with Crippen molar-refractivity contribution in [2.45, 2.75) is 26.3 Å². The van der Waals surface area contributed by atoms with E-state index < -0.39 is 0 Å². The number of ether oxygens (including phenoxy) is 1. The molecule has 2 rings (SSSR count). The van der Waals surface area contributed by atoms with E-state index in [2.05, 4.69) is 54.2 Å². The van der Waals surface area contributed by atoms with Crippen molar-refractivity contribution < 1.29 is 4.74 Å². The van der Waals surface area contributed by atoms with Crippen LogP contribution < -0.4 is 10.1 Å². The van der Waals surface area contributed by atoms with E-state index in [1.165, 1.54) is 16.7 Å². The van der Waals surface area contributed by atoms with Crippen LogP contribution in [-0.2, 0) is 6.42 Å². The van der Waals surface area contributed by atoms with Crippen molar-refractivity contribution in [1.29, 1.82) is 0 Å². The van der Waals surface area contributed by atoms with Gasteiger partial charge in [0, 0.05) is 12.5 Å². The molecule has 1 N–H and O–H groups in total. The van der Waals surface area contributed by atoms with E-state index in [9.17, 15) is 0 Å². The highest BCUT2D eigenvalue weighted by molar-refractivity contribution is 7.07. The Hall–Kier alpha value is -1.32. The second-order valence-electron chi connectivity index (χ2n) is 4.77. The predicted molar refractivity (Wildman–Crippen MR) is 82.2 cm³/mol. The van der Waals surface area contributed by atoms with E-state index in [0.29, 0.717) is 6.04 Å². The number of aryl methyl sites for hydroxylation is 1. The molecule has 1 aromatic carbocycles. The van der Waals surface area contributed by atoms with Crippen molar-refractivity contribution in [3.8, 4) is 5.75 Å². The maximum atomic E-state index is 5.86. The molecule has 102 valence electrons. The normalized spacial score (nSPS) is 12.4. The number of hydrogen-bond acceptors (Lipinski definition) is 3. The van der Waals surface area contributed by atoms with Gasteiger partial charge in [-0.2, -0.15) is 11.3 Å². The third kappa shape index (κ3) is 3.82. The standard InChI is InChI=1S/C16H21NOS/c1-12-10-15(13(2)17-3)4-5-16(12)18-8-6-14-7-9-19-11-14/h4-5,7,9-11,13,17H,6,8H2,1-3H3. The van der Waals surface area contributed by atoms with Crippen molar-refractivity contribution in [3.05, 3.63) is 51.7 Å². The summed E-state index contributed by atoms with van der Waals surface area (Å²) in [6, 6.07) is 8.93. The lowest BCUT2D eigenvalue weighted by Crippen LogP contribution is -2.12. The maximum Gasteiger partial charge on any atom is 0.122 e. The minimum absolute atomic E-state index is 0.374.